The van der Waals surface area contributed by atoms with Crippen molar-refractivity contribution in [1.82, 2.24) is 20.9 Å². The van der Waals surface area contributed by atoms with Crippen molar-refractivity contribution in [2.75, 3.05) is 25.0 Å². The highest BCUT2D eigenvalue weighted by Gasteiger charge is 2.38. The van der Waals surface area contributed by atoms with Crippen LogP contribution >= 0.6 is 0 Å². The van der Waals surface area contributed by atoms with Gasteiger partial charge in [0.15, 0.2) is 0 Å². The molecule has 16 heteroatoms. The third-order valence-electron chi connectivity index (χ3n) is 7.33. The molecule has 1 aromatic heterocycles. The molecule has 3 aromatic rings. The van der Waals surface area contributed by atoms with Crippen molar-refractivity contribution >= 4 is 35.7 Å². The average molecular weight is 744 g/mol. The molecule has 0 saturated carbocycles. The number of alkyl halides is 3. The van der Waals surface area contributed by atoms with E-state index < -0.39 is 42.2 Å². The molecule has 1 heterocycles. The Hall–Kier alpha value is -5.93. The van der Waals surface area contributed by atoms with Crippen molar-refractivity contribution in [2.24, 2.45) is 0 Å². The quantitative estimate of drug-likeness (QED) is 0.0602. The van der Waals surface area contributed by atoms with E-state index >= 15 is 0 Å². The maximum atomic E-state index is 13.5. The number of aliphatic carboxylic acids is 2. The first kappa shape index (κ1) is 43.2. The maximum absolute atomic E-state index is 13.5. The number of carbonyl (C=O) groups excluding carboxylic acids is 3. The van der Waals surface area contributed by atoms with Crippen LogP contribution in [0.1, 0.15) is 56.6 Å². The molecule has 0 bridgehead atoms. The van der Waals surface area contributed by atoms with E-state index in [1.54, 1.807) is 18.3 Å². The SMILES string of the molecule is C=CCOC(=O)NCCCC[C@H](NC(=O)CCCCNc1ccccn1)C(=O)NC(CC(=O)O)c1ccc(-c2ccccc2)cc1.O=C(O)C(F)(F)F. The molecule has 53 heavy (non-hydrogen) atoms. The minimum absolute atomic E-state index is 0.103. The number of pyridine rings is 1. The third-order valence-corrected chi connectivity index (χ3v) is 7.33. The number of carboxylic acid groups (broad SMARTS) is 2. The number of carboxylic acids is 2. The number of unbranched alkanes of at least 4 members (excludes halogenated alkanes) is 2. The number of hydrogen-bond donors (Lipinski definition) is 6. The van der Waals surface area contributed by atoms with Crippen LogP contribution in [0.3, 0.4) is 0 Å². The van der Waals surface area contributed by atoms with Gasteiger partial charge in [-0.2, -0.15) is 13.2 Å². The van der Waals surface area contributed by atoms with Crippen molar-refractivity contribution in [2.45, 2.75) is 63.2 Å². The van der Waals surface area contributed by atoms with Gasteiger partial charge in [0.25, 0.3) is 0 Å². The average Bonchev–Trinajstić information content (AvgIpc) is 3.13. The van der Waals surface area contributed by atoms with Gasteiger partial charge in [0, 0.05) is 25.7 Å². The van der Waals surface area contributed by atoms with Crippen LogP contribution in [-0.2, 0) is 23.9 Å². The molecule has 0 fully saturated rings. The number of nitrogens with zero attached hydrogens (tertiary/aromatic N) is 1. The first-order valence-electron chi connectivity index (χ1n) is 16.7. The summed E-state index contributed by atoms with van der Waals surface area (Å²) in [4.78, 5) is 62.9. The van der Waals surface area contributed by atoms with Gasteiger partial charge in [-0.25, -0.2) is 14.6 Å². The van der Waals surface area contributed by atoms with Crippen LogP contribution in [0.2, 0.25) is 0 Å². The molecular formula is C37H44F3N5O8. The third kappa shape index (κ3) is 18.2. The summed E-state index contributed by atoms with van der Waals surface area (Å²) in [6.07, 6.45) is 0.125. The molecule has 286 valence electrons. The standard InChI is InChI=1S/C35H43N5O6.C2HF3O2/c1-2-24-46-35(45)38-23-9-6-14-29(39-32(41)16-8-11-22-37-31-15-7-10-21-36-31)34(44)40-30(25-33(42)43)28-19-17-27(18-20-28)26-12-4-3-5-13-26;3-2(4,5)1(6)7/h2-5,7,10,12-13,15,17-21,29-30H,1,6,8-9,11,14,16,22-25H2,(H,36,37)(H,38,45)(H,39,41)(H,40,44)(H,42,43);(H,6,7)/t29-,30?;/m0./s1. The van der Waals surface area contributed by atoms with Gasteiger partial charge in [-0.15, -0.1) is 0 Å². The van der Waals surface area contributed by atoms with Crippen LogP contribution in [0.4, 0.5) is 23.8 Å². The fourth-order valence-corrected chi connectivity index (χ4v) is 4.72. The Morgan fingerprint density at radius 2 is 1.47 bits per heavy atom. The van der Waals surface area contributed by atoms with Crippen LogP contribution in [0.5, 0.6) is 0 Å². The van der Waals surface area contributed by atoms with Gasteiger partial charge < -0.3 is 36.2 Å². The number of alkyl carbamates (subject to hydrolysis) is 1. The van der Waals surface area contributed by atoms with Crippen molar-refractivity contribution in [3.05, 3.63) is 97.2 Å². The summed E-state index contributed by atoms with van der Waals surface area (Å²) in [7, 11) is 0. The van der Waals surface area contributed by atoms with E-state index in [1.165, 1.54) is 6.08 Å². The van der Waals surface area contributed by atoms with Crippen molar-refractivity contribution in [3.63, 3.8) is 0 Å². The lowest BCUT2D eigenvalue weighted by molar-refractivity contribution is -0.192. The number of amides is 3. The molecule has 2 aromatic carbocycles. The molecule has 0 radical (unpaired) electrons. The lowest BCUT2D eigenvalue weighted by atomic mass is 9.98. The number of halogens is 3. The van der Waals surface area contributed by atoms with Gasteiger partial charge in [0.05, 0.1) is 12.5 Å². The Morgan fingerprint density at radius 3 is 2.08 bits per heavy atom. The van der Waals surface area contributed by atoms with Crippen molar-refractivity contribution in [1.29, 1.82) is 0 Å². The second kappa shape index (κ2) is 23.5. The van der Waals surface area contributed by atoms with E-state index in [0.29, 0.717) is 44.3 Å². The molecule has 13 nitrogen and oxygen atoms in total. The summed E-state index contributed by atoms with van der Waals surface area (Å²) < 4.78 is 36.6. The van der Waals surface area contributed by atoms with E-state index in [9.17, 15) is 37.5 Å². The van der Waals surface area contributed by atoms with E-state index in [-0.39, 0.29) is 25.4 Å². The van der Waals surface area contributed by atoms with E-state index in [4.69, 9.17) is 14.6 Å². The molecule has 0 spiro atoms. The number of carbonyl (C=O) groups is 5. The summed E-state index contributed by atoms with van der Waals surface area (Å²) >= 11 is 0. The smallest absolute Gasteiger partial charge is 0.481 e. The molecule has 6 N–H and O–H groups in total. The number of benzene rings is 2. The van der Waals surface area contributed by atoms with Crippen LogP contribution in [0.25, 0.3) is 11.1 Å². The van der Waals surface area contributed by atoms with E-state index in [2.05, 4.69) is 32.8 Å². The van der Waals surface area contributed by atoms with Crippen LogP contribution in [-0.4, -0.2) is 77.0 Å². The van der Waals surface area contributed by atoms with Gasteiger partial charge in [0.1, 0.15) is 18.5 Å². The zero-order chi connectivity index (χ0) is 39.1. The molecule has 3 amide bonds. The van der Waals surface area contributed by atoms with Gasteiger partial charge in [-0.1, -0.05) is 73.3 Å². The minimum atomic E-state index is -5.08. The molecule has 0 saturated heterocycles. The fraction of sp³-hybridized carbons (Fsp3) is 0.351. The van der Waals surface area contributed by atoms with E-state index in [1.807, 2.05) is 60.7 Å². The number of rotatable bonds is 20. The zero-order valence-electron chi connectivity index (χ0n) is 28.9. The number of nitrogens with one attached hydrogen (secondary N) is 4. The molecule has 2 atom stereocenters. The van der Waals surface area contributed by atoms with Gasteiger partial charge in [-0.3, -0.25) is 14.4 Å². The number of aromatic nitrogens is 1. The summed E-state index contributed by atoms with van der Waals surface area (Å²) in [5.74, 6) is -3.80. The molecule has 0 aliphatic rings. The van der Waals surface area contributed by atoms with Gasteiger partial charge in [-0.05, 0) is 60.9 Å². The first-order chi connectivity index (χ1) is 25.3. The first-order valence-corrected chi connectivity index (χ1v) is 16.7. The predicted octanol–water partition coefficient (Wildman–Crippen LogP) is 5.86. The molecule has 0 aliphatic carbocycles. The molecule has 0 aliphatic heterocycles. The van der Waals surface area contributed by atoms with Gasteiger partial charge in [0.2, 0.25) is 11.8 Å². The summed E-state index contributed by atoms with van der Waals surface area (Å²) in [5.41, 5.74) is 2.63. The van der Waals surface area contributed by atoms with Crippen LogP contribution < -0.4 is 21.3 Å². The Balaban J connectivity index is 0.00000126. The number of hydrogen-bond acceptors (Lipinski definition) is 8. The highest BCUT2D eigenvalue weighted by Crippen LogP contribution is 2.24. The second-order valence-corrected chi connectivity index (χ2v) is 11.5. The van der Waals surface area contributed by atoms with Crippen LogP contribution in [0, 0.1) is 0 Å². The number of anilines is 1. The molecule has 1 unspecified atom stereocenters. The highest BCUT2D eigenvalue weighted by molar-refractivity contribution is 5.88. The largest absolute Gasteiger partial charge is 0.490 e. The normalized spacial score (nSPS) is 11.8. The fourth-order valence-electron chi connectivity index (χ4n) is 4.72. The summed E-state index contributed by atoms with van der Waals surface area (Å²) in [5, 5.41) is 28.3. The molecular weight excluding hydrogens is 699 g/mol. The predicted molar refractivity (Wildman–Crippen MR) is 191 cm³/mol. The van der Waals surface area contributed by atoms with Crippen molar-refractivity contribution < 1.29 is 52.1 Å². The Bertz CT molecular complexity index is 1590. The lowest BCUT2D eigenvalue weighted by Gasteiger charge is -2.23. The Labute approximate surface area is 305 Å². The number of ether oxygens (including phenoxy) is 1. The van der Waals surface area contributed by atoms with Crippen molar-refractivity contribution in [3.8, 4) is 11.1 Å². The Kier molecular flexibility index (Phi) is 19.2. The van der Waals surface area contributed by atoms with Crippen LogP contribution in [0.15, 0.2) is 91.6 Å². The minimum Gasteiger partial charge on any atom is -0.481 e. The second-order valence-electron chi connectivity index (χ2n) is 11.5. The summed E-state index contributed by atoms with van der Waals surface area (Å²) in [6.45, 7) is 4.58. The van der Waals surface area contributed by atoms with Gasteiger partial charge >= 0.3 is 24.2 Å². The maximum Gasteiger partial charge on any atom is 0.490 e. The van der Waals surface area contributed by atoms with E-state index in [0.717, 1.165) is 23.4 Å². The molecule has 3 rings (SSSR count). The zero-order valence-corrected chi connectivity index (χ0v) is 28.9. The monoisotopic (exact) mass is 743 g/mol. The topological polar surface area (TPSA) is 196 Å². The summed E-state index contributed by atoms with van der Waals surface area (Å²) in [6, 6.07) is 21.1. The highest BCUT2D eigenvalue weighted by atomic mass is 19.4. The Morgan fingerprint density at radius 1 is 0.830 bits per heavy atom. The lowest BCUT2D eigenvalue weighted by Crippen LogP contribution is -2.48.